The van der Waals surface area contributed by atoms with Gasteiger partial charge in [0.05, 0.1) is 31.3 Å². The third kappa shape index (κ3) is 4.92. The van der Waals surface area contributed by atoms with Crippen LogP contribution in [0.3, 0.4) is 0 Å². The van der Waals surface area contributed by atoms with Gasteiger partial charge in [-0.15, -0.1) is 0 Å². The van der Waals surface area contributed by atoms with Gasteiger partial charge in [0, 0.05) is 0 Å². The first-order chi connectivity index (χ1) is 12.0. The molecule has 156 valence electrons. The van der Waals surface area contributed by atoms with E-state index in [1.807, 2.05) is 0 Å². The van der Waals surface area contributed by atoms with Crippen molar-refractivity contribution in [3.63, 3.8) is 0 Å². The van der Waals surface area contributed by atoms with Gasteiger partial charge >= 0.3 is 0 Å². The number of benzene rings is 1. The summed E-state index contributed by atoms with van der Waals surface area (Å²) in [6.07, 6.45) is -1.19. The van der Waals surface area contributed by atoms with Gasteiger partial charge in [-0.1, -0.05) is 74.4 Å². The summed E-state index contributed by atoms with van der Waals surface area (Å²) >= 11 is 0. The van der Waals surface area contributed by atoms with Gasteiger partial charge in [-0.3, -0.25) is 0 Å². The molecule has 0 saturated heterocycles. The third-order valence-electron chi connectivity index (χ3n) is 5.46. The lowest BCUT2D eigenvalue weighted by Gasteiger charge is -2.40. The van der Waals surface area contributed by atoms with E-state index in [1.165, 1.54) is 5.56 Å². The van der Waals surface area contributed by atoms with Crippen molar-refractivity contribution in [3.05, 3.63) is 34.4 Å². The molecule has 0 heterocycles. The Morgan fingerprint density at radius 2 is 1.00 bits per heavy atom. The van der Waals surface area contributed by atoms with Crippen molar-refractivity contribution in [2.45, 2.75) is 84.7 Å². The second kappa shape index (κ2) is 7.82. The molecule has 1 aromatic carbocycles. The summed E-state index contributed by atoms with van der Waals surface area (Å²) in [6.45, 7) is 17.5. The molecule has 0 saturated carbocycles. The van der Waals surface area contributed by atoms with Crippen LogP contribution in [0.1, 0.15) is 90.7 Å². The molecule has 0 aliphatic rings. The molecule has 0 spiro atoms. The lowest BCUT2D eigenvalue weighted by atomic mass is 9.67. The molecule has 27 heavy (non-hydrogen) atoms. The maximum Gasteiger partial charge on any atom is 0.0918 e. The highest BCUT2D eigenvalue weighted by atomic mass is 16.3. The minimum atomic E-state index is -1.40. The summed E-state index contributed by atoms with van der Waals surface area (Å²) in [6, 6.07) is 4.26. The fraction of sp³-hybridized carbons (Fsp3) is 0.739. The highest BCUT2D eigenvalue weighted by Crippen LogP contribution is 2.45. The smallest absolute Gasteiger partial charge is 0.0918 e. The van der Waals surface area contributed by atoms with E-state index in [0.29, 0.717) is 5.56 Å². The van der Waals surface area contributed by atoms with E-state index in [2.05, 4.69) is 74.4 Å². The van der Waals surface area contributed by atoms with E-state index in [9.17, 15) is 20.4 Å². The Morgan fingerprint density at radius 3 is 1.22 bits per heavy atom. The highest BCUT2D eigenvalue weighted by molar-refractivity contribution is 5.49. The van der Waals surface area contributed by atoms with Crippen LogP contribution in [0.15, 0.2) is 12.1 Å². The molecule has 0 aliphatic heterocycles. The highest BCUT2D eigenvalue weighted by Gasteiger charge is 2.42. The SMILES string of the molecule is CC(C)(C)c1cc(C(C)(C)C)c(C(O)C(CO)(CO)CO)c(C(C)(C)C)c1. The van der Waals surface area contributed by atoms with Crippen molar-refractivity contribution in [3.8, 4) is 0 Å². The maximum absolute atomic E-state index is 11.3. The quantitative estimate of drug-likeness (QED) is 0.629. The number of aliphatic hydroxyl groups is 4. The molecule has 4 heteroatoms. The topological polar surface area (TPSA) is 80.9 Å². The molecule has 1 unspecified atom stereocenters. The number of hydrogen-bond acceptors (Lipinski definition) is 4. The summed E-state index contributed by atoms with van der Waals surface area (Å²) in [4.78, 5) is 0. The number of hydrogen-bond donors (Lipinski definition) is 4. The lowest BCUT2D eigenvalue weighted by molar-refractivity contribution is -0.0863. The Morgan fingerprint density at radius 1 is 0.667 bits per heavy atom. The molecule has 0 amide bonds. The predicted molar refractivity (Wildman–Crippen MR) is 111 cm³/mol. The Kier molecular flexibility index (Phi) is 6.98. The number of aliphatic hydroxyl groups excluding tert-OH is 4. The first-order valence-corrected chi connectivity index (χ1v) is 9.75. The molecular weight excluding hydrogens is 340 g/mol. The first-order valence-electron chi connectivity index (χ1n) is 9.75. The van der Waals surface area contributed by atoms with Gasteiger partial charge in [-0.05, 0) is 38.5 Å². The van der Waals surface area contributed by atoms with Crippen LogP contribution in [0, 0.1) is 5.41 Å². The van der Waals surface area contributed by atoms with Crippen LogP contribution in [0.25, 0.3) is 0 Å². The van der Waals surface area contributed by atoms with Gasteiger partial charge in [0.25, 0.3) is 0 Å². The average Bonchev–Trinajstić information content (AvgIpc) is 2.53. The second-order valence-corrected chi connectivity index (χ2v) is 11.0. The molecule has 0 bridgehead atoms. The lowest BCUT2D eigenvalue weighted by Crippen LogP contribution is -2.42. The summed E-state index contributed by atoms with van der Waals surface area (Å²) in [5.74, 6) is 0. The Labute approximate surface area is 165 Å². The zero-order valence-electron chi connectivity index (χ0n) is 18.6. The normalized spacial score (nSPS) is 15.1. The van der Waals surface area contributed by atoms with Crippen molar-refractivity contribution in [2.75, 3.05) is 19.8 Å². The van der Waals surface area contributed by atoms with Crippen LogP contribution in [-0.2, 0) is 16.2 Å². The molecule has 0 fully saturated rings. The van der Waals surface area contributed by atoms with Gasteiger partial charge in [0.2, 0.25) is 0 Å². The molecule has 0 radical (unpaired) electrons. The van der Waals surface area contributed by atoms with Gasteiger partial charge in [-0.2, -0.15) is 0 Å². The summed E-state index contributed by atoms with van der Waals surface area (Å²) in [5, 5.41) is 41.0. The maximum atomic E-state index is 11.3. The standard InChI is InChI=1S/C23H40O4/c1-20(2,3)15-10-16(21(4,5)6)18(17(11-15)22(7,8)9)19(27)23(12-24,13-25)14-26/h10-11,19,24-27H,12-14H2,1-9H3. The van der Waals surface area contributed by atoms with Crippen LogP contribution >= 0.6 is 0 Å². The zero-order chi connectivity index (χ0) is 21.4. The minimum Gasteiger partial charge on any atom is -0.395 e. The summed E-state index contributed by atoms with van der Waals surface area (Å²) in [7, 11) is 0. The summed E-state index contributed by atoms with van der Waals surface area (Å²) in [5.41, 5.74) is 1.86. The van der Waals surface area contributed by atoms with Crippen LogP contribution in [0.2, 0.25) is 0 Å². The zero-order valence-corrected chi connectivity index (χ0v) is 18.6. The van der Waals surface area contributed by atoms with E-state index < -0.39 is 31.3 Å². The minimum absolute atomic E-state index is 0.0640. The van der Waals surface area contributed by atoms with Crippen LogP contribution < -0.4 is 0 Å². The van der Waals surface area contributed by atoms with Crippen molar-refractivity contribution in [2.24, 2.45) is 5.41 Å². The van der Waals surface area contributed by atoms with Crippen LogP contribution in [0.5, 0.6) is 0 Å². The van der Waals surface area contributed by atoms with Gasteiger partial charge in [0.1, 0.15) is 0 Å². The van der Waals surface area contributed by atoms with Gasteiger partial charge in [-0.25, -0.2) is 0 Å². The molecule has 0 aliphatic carbocycles. The fourth-order valence-electron chi connectivity index (χ4n) is 3.34. The van der Waals surface area contributed by atoms with Gasteiger partial charge in [0.15, 0.2) is 0 Å². The van der Waals surface area contributed by atoms with E-state index >= 15 is 0 Å². The molecular formula is C23H40O4. The number of rotatable bonds is 5. The average molecular weight is 381 g/mol. The van der Waals surface area contributed by atoms with E-state index in [1.54, 1.807) is 0 Å². The molecule has 1 aromatic rings. The third-order valence-corrected chi connectivity index (χ3v) is 5.46. The van der Waals surface area contributed by atoms with E-state index in [-0.39, 0.29) is 16.2 Å². The first kappa shape index (κ1) is 24.1. The van der Waals surface area contributed by atoms with E-state index in [4.69, 9.17) is 0 Å². The van der Waals surface area contributed by atoms with Gasteiger partial charge < -0.3 is 20.4 Å². The van der Waals surface area contributed by atoms with Crippen molar-refractivity contribution in [1.82, 2.24) is 0 Å². The molecule has 0 aromatic heterocycles. The van der Waals surface area contributed by atoms with Crippen molar-refractivity contribution >= 4 is 0 Å². The molecule has 1 rings (SSSR count). The molecule has 4 N–H and O–H groups in total. The van der Waals surface area contributed by atoms with Crippen molar-refractivity contribution in [1.29, 1.82) is 0 Å². The molecule has 4 nitrogen and oxygen atoms in total. The van der Waals surface area contributed by atoms with Crippen LogP contribution in [-0.4, -0.2) is 40.2 Å². The Balaban J connectivity index is 4.01. The Bertz CT molecular complexity index is 595. The Hall–Kier alpha value is -0.940. The van der Waals surface area contributed by atoms with E-state index in [0.717, 1.165) is 11.1 Å². The molecule has 1 atom stereocenters. The fourth-order valence-corrected chi connectivity index (χ4v) is 3.34. The monoisotopic (exact) mass is 380 g/mol. The summed E-state index contributed by atoms with van der Waals surface area (Å²) < 4.78 is 0. The largest absolute Gasteiger partial charge is 0.395 e. The van der Waals surface area contributed by atoms with Crippen LogP contribution in [0.4, 0.5) is 0 Å². The second-order valence-electron chi connectivity index (χ2n) is 11.0. The predicted octanol–water partition coefficient (Wildman–Crippen LogP) is 3.58. The van der Waals surface area contributed by atoms with Crippen molar-refractivity contribution < 1.29 is 20.4 Å².